The Morgan fingerprint density at radius 3 is 2.23 bits per heavy atom. The lowest BCUT2D eigenvalue weighted by Gasteiger charge is -2.37. The lowest BCUT2D eigenvalue weighted by molar-refractivity contribution is 0.139. The lowest BCUT2D eigenvalue weighted by atomic mass is 9.95. The molecule has 0 bridgehead atoms. The summed E-state index contributed by atoms with van der Waals surface area (Å²) in [7, 11) is 4.92. The first-order valence-corrected chi connectivity index (χ1v) is 7.89. The fraction of sp³-hybridized carbons (Fsp3) is 0.647. The Morgan fingerprint density at radius 2 is 1.73 bits per heavy atom. The molecular weight excluding hydrogens is 280 g/mol. The fourth-order valence-corrected chi connectivity index (χ4v) is 3.20. The molecule has 124 valence electrons. The molecule has 1 atom stereocenters. The van der Waals surface area contributed by atoms with Gasteiger partial charge in [-0.1, -0.05) is 6.92 Å². The molecular formula is C17H28N2O3. The second kappa shape index (κ2) is 7.70. The summed E-state index contributed by atoms with van der Waals surface area (Å²) in [6.07, 6.45) is 2.43. The Kier molecular flexibility index (Phi) is 5.91. The van der Waals surface area contributed by atoms with Gasteiger partial charge in [0.15, 0.2) is 11.5 Å². The molecule has 5 nitrogen and oxygen atoms in total. The molecule has 1 saturated heterocycles. The van der Waals surface area contributed by atoms with E-state index in [0.717, 1.165) is 30.3 Å². The van der Waals surface area contributed by atoms with Gasteiger partial charge < -0.3 is 19.9 Å². The average molecular weight is 308 g/mol. The number of methoxy groups -OCH3 is 3. The molecule has 5 heteroatoms. The summed E-state index contributed by atoms with van der Waals surface area (Å²) in [5.41, 5.74) is 7.15. The van der Waals surface area contributed by atoms with Crippen molar-refractivity contribution >= 4 is 0 Å². The topological polar surface area (TPSA) is 57.0 Å². The molecule has 0 amide bonds. The fourth-order valence-electron chi connectivity index (χ4n) is 3.20. The highest BCUT2D eigenvalue weighted by Crippen LogP contribution is 2.43. The van der Waals surface area contributed by atoms with Gasteiger partial charge in [-0.2, -0.15) is 0 Å². The minimum absolute atomic E-state index is 0.141. The van der Waals surface area contributed by atoms with E-state index in [1.54, 1.807) is 21.3 Å². The van der Waals surface area contributed by atoms with Crippen LogP contribution in [0.15, 0.2) is 12.1 Å². The number of likely N-dealkylation sites (tertiary alicyclic amines) is 1. The van der Waals surface area contributed by atoms with E-state index in [-0.39, 0.29) is 6.04 Å². The number of nitrogens with two attached hydrogens (primary N) is 1. The normalized spacial score (nSPS) is 18.0. The summed E-state index contributed by atoms with van der Waals surface area (Å²) in [5.74, 6) is 2.82. The van der Waals surface area contributed by atoms with Crippen LogP contribution >= 0.6 is 0 Å². The van der Waals surface area contributed by atoms with E-state index in [9.17, 15) is 0 Å². The van der Waals surface area contributed by atoms with Gasteiger partial charge in [-0.15, -0.1) is 0 Å². The third kappa shape index (κ3) is 3.31. The number of nitrogens with zero attached hydrogens (tertiary/aromatic N) is 1. The number of piperidine rings is 1. The zero-order valence-electron chi connectivity index (χ0n) is 14.1. The van der Waals surface area contributed by atoms with Crippen molar-refractivity contribution < 1.29 is 14.2 Å². The molecule has 1 unspecified atom stereocenters. The third-order valence-corrected chi connectivity index (χ3v) is 4.58. The van der Waals surface area contributed by atoms with Gasteiger partial charge in [-0.05, 0) is 44.0 Å². The summed E-state index contributed by atoms with van der Waals surface area (Å²) in [5, 5.41) is 0. The maximum absolute atomic E-state index is 6.09. The molecule has 22 heavy (non-hydrogen) atoms. The van der Waals surface area contributed by atoms with E-state index in [1.165, 1.54) is 12.8 Å². The van der Waals surface area contributed by atoms with E-state index >= 15 is 0 Å². The second-order valence-corrected chi connectivity index (χ2v) is 5.89. The number of ether oxygens (including phenoxy) is 3. The van der Waals surface area contributed by atoms with Crippen molar-refractivity contribution in [3.8, 4) is 17.2 Å². The highest BCUT2D eigenvalue weighted by Gasteiger charge is 2.28. The summed E-state index contributed by atoms with van der Waals surface area (Å²) in [4.78, 5) is 2.45. The molecule has 1 aliphatic rings. The highest BCUT2D eigenvalue weighted by atomic mass is 16.5. The maximum atomic E-state index is 6.09. The van der Waals surface area contributed by atoms with Crippen molar-refractivity contribution in [3.63, 3.8) is 0 Å². The van der Waals surface area contributed by atoms with Crippen LogP contribution in [0.25, 0.3) is 0 Å². The first kappa shape index (κ1) is 16.9. The molecule has 1 fully saturated rings. The predicted molar refractivity (Wildman–Crippen MR) is 87.9 cm³/mol. The molecule has 0 aromatic heterocycles. The summed E-state index contributed by atoms with van der Waals surface area (Å²) in [6, 6.07) is 4.10. The Balaban J connectivity index is 2.36. The van der Waals surface area contributed by atoms with Crippen LogP contribution in [0, 0.1) is 5.92 Å². The molecule has 1 aromatic carbocycles. The molecule has 1 aliphatic heterocycles. The minimum atomic E-state index is 0.141. The standard InChI is InChI=1S/C17H28N2O3/c1-12-7-9-19(10-8-12)14(11-18)13-5-6-15(20-2)17(22-4)16(13)21-3/h5-6,12,14H,7-11,18H2,1-4H3. The summed E-state index contributed by atoms with van der Waals surface area (Å²) in [6.45, 7) is 5.01. The minimum Gasteiger partial charge on any atom is -0.493 e. The Labute approximate surface area is 133 Å². The zero-order valence-corrected chi connectivity index (χ0v) is 14.1. The number of rotatable bonds is 6. The van der Waals surface area contributed by atoms with Crippen molar-refractivity contribution in [2.45, 2.75) is 25.8 Å². The van der Waals surface area contributed by atoms with Gasteiger partial charge in [0, 0.05) is 12.1 Å². The number of benzene rings is 1. The first-order valence-electron chi connectivity index (χ1n) is 7.89. The van der Waals surface area contributed by atoms with E-state index in [4.69, 9.17) is 19.9 Å². The third-order valence-electron chi connectivity index (χ3n) is 4.58. The quantitative estimate of drug-likeness (QED) is 0.875. The molecule has 0 radical (unpaired) electrons. The molecule has 0 spiro atoms. The molecule has 0 aliphatic carbocycles. The van der Waals surface area contributed by atoms with Crippen LogP contribution in [0.4, 0.5) is 0 Å². The van der Waals surface area contributed by atoms with Crippen LogP contribution in [-0.2, 0) is 0 Å². The number of hydrogen-bond acceptors (Lipinski definition) is 5. The Hall–Kier alpha value is -1.46. The van der Waals surface area contributed by atoms with Crippen molar-refractivity contribution in [2.75, 3.05) is 41.0 Å². The van der Waals surface area contributed by atoms with Gasteiger partial charge >= 0.3 is 0 Å². The molecule has 0 saturated carbocycles. The largest absolute Gasteiger partial charge is 0.493 e. The predicted octanol–water partition coefficient (Wildman–Crippen LogP) is 2.44. The lowest BCUT2D eigenvalue weighted by Crippen LogP contribution is -2.39. The van der Waals surface area contributed by atoms with Gasteiger partial charge in [0.1, 0.15) is 0 Å². The molecule has 1 aromatic rings. The van der Waals surface area contributed by atoms with E-state index in [2.05, 4.69) is 11.8 Å². The van der Waals surface area contributed by atoms with Crippen LogP contribution in [-0.4, -0.2) is 45.9 Å². The second-order valence-electron chi connectivity index (χ2n) is 5.89. The summed E-state index contributed by atoms with van der Waals surface area (Å²) >= 11 is 0. The van der Waals surface area contributed by atoms with Crippen molar-refractivity contribution in [1.82, 2.24) is 4.90 Å². The summed E-state index contributed by atoms with van der Waals surface area (Å²) < 4.78 is 16.5. The maximum Gasteiger partial charge on any atom is 0.203 e. The monoisotopic (exact) mass is 308 g/mol. The van der Waals surface area contributed by atoms with Crippen LogP contribution in [0.5, 0.6) is 17.2 Å². The van der Waals surface area contributed by atoms with Crippen LogP contribution in [0.1, 0.15) is 31.4 Å². The van der Waals surface area contributed by atoms with Crippen molar-refractivity contribution in [2.24, 2.45) is 11.7 Å². The van der Waals surface area contributed by atoms with Gasteiger partial charge in [-0.3, -0.25) is 4.90 Å². The Bertz CT molecular complexity index is 485. The van der Waals surface area contributed by atoms with Gasteiger partial charge in [-0.25, -0.2) is 0 Å². The van der Waals surface area contributed by atoms with Gasteiger partial charge in [0.05, 0.1) is 27.4 Å². The first-order chi connectivity index (χ1) is 10.7. The van der Waals surface area contributed by atoms with E-state index in [1.807, 2.05) is 12.1 Å². The number of hydrogen-bond donors (Lipinski definition) is 1. The zero-order chi connectivity index (χ0) is 16.1. The Morgan fingerprint density at radius 1 is 1.09 bits per heavy atom. The van der Waals surface area contributed by atoms with Crippen LogP contribution in [0.3, 0.4) is 0 Å². The van der Waals surface area contributed by atoms with Gasteiger partial charge in [0.2, 0.25) is 5.75 Å². The highest BCUT2D eigenvalue weighted by molar-refractivity contribution is 5.56. The molecule has 2 rings (SSSR count). The average Bonchev–Trinajstić information content (AvgIpc) is 2.56. The molecule has 2 N–H and O–H groups in total. The van der Waals surface area contributed by atoms with Crippen molar-refractivity contribution in [1.29, 1.82) is 0 Å². The van der Waals surface area contributed by atoms with Crippen LogP contribution < -0.4 is 19.9 Å². The van der Waals surface area contributed by atoms with E-state index in [0.29, 0.717) is 18.0 Å². The van der Waals surface area contributed by atoms with Crippen molar-refractivity contribution in [3.05, 3.63) is 17.7 Å². The van der Waals surface area contributed by atoms with Crippen LogP contribution in [0.2, 0.25) is 0 Å². The van der Waals surface area contributed by atoms with Gasteiger partial charge in [0.25, 0.3) is 0 Å². The smallest absolute Gasteiger partial charge is 0.203 e. The van der Waals surface area contributed by atoms with E-state index < -0.39 is 0 Å². The SMILES string of the molecule is COc1ccc(C(CN)N2CCC(C)CC2)c(OC)c1OC. The molecule has 1 heterocycles.